The highest BCUT2D eigenvalue weighted by atomic mass is 16.5. The van der Waals surface area contributed by atoms with Crippen LogP contribution in [0.15, 0.2) is 53.5 Å². The molecule has 4 nitrogen and oxygen atoms in total. The van der Waals surface area contributed by atoms with E-state index in [1.165, 1.54) is 19.3 Å². The molecule has 1 aliphatic heterocycles. The van der Waals surface area contributed by atoms with E-state index in [4.69, 9.17) is 15.5 Å². The second-order valence-corrected chi connectivity index (χ2v) is 5.77. The predicted molar refractivity (Wildman–Crippen MR) is 95.1 cm³/mol. The van der Waals surface area contributed by atoms with Gasteiger partial charge in [0, 0.05) is 18.7 Å². The molecule has 120 valence electrons. The highest BCUT2D eigenvalue weighted by Crippen LogP contribution is 2.33. The van der Waals surface area contributed by atoms with Gasteiger partial charge in [-0.15, -0.1) is 0 Å². The molecule has 0 aromatic heterocycles. The van der Waals surface area contributed by atoms with Crippen LogP contribution in [0.4, 0.5) is 5.69 Å². The van der Waals surface area contributed by atoms with Gasteiger partial charge in [0.25, 0.3) is 0 Å². The molecule has 0 atom stereocenters. The Kier molecular flexibility index (Phi) is 4.81. The van der Waals surface area contributed by atoms with Crippen LogP contribution < -0.4 is 10.5 Å². The summed E-state index contributed by atoms with van der Waals surface area (Å²) in [7, 11) is 1.68. The summed E-state index contributed by atoms with van der Waals surface area (Å²) >= 11 is 0. The van der Waals surface area contributed by atoms with Crippen LogP contribution in [0.1, 0.15) is 19.3 Å². The van der Waals surface area contributed by atoms with Crippen molar-refractivity contribution in [2.24, 2.45) is 10.7 Å². The van der Waals surface area contributed by atoms with E-state index < -0.39 is 0 Å². The molecule has 2 aromatic rings. The van der Waals surface area contributed by atoms with Gasteiger partial charge in [-0.3, -0.25) is 0 Å². The van der Waals surface area contributed by atoms with Crippen LogP contribution in [0.2, 0.25) is 0 Å². The monoisotopic (exact) mass is 309 g/mol. The number of ether oxygens (including phenoxy) is 1. The summed E-state index contributed by atoms with van der Waals surface area (Å²) in [6.45, 7) is 1.98. The molecule has 0 spiro atoms. The number of guanidine groups is 1. The van der Waals surface area contributed by atoms with Crippen molar-refractivity contribution in [1.29, 1.82) is 0 Å². The van der Waals surface area contributed by atoms with Crippen LogP contribution in [0.25, 0.3) is 11.1 Å². The van der Waals surface area contributed by atoms with Gasteiger partial charge in [0.05, 0.1) is 12.8 Å². The van der Waals surface area contributed by atoms with Gasteiger partial charge in [-0.1, -0.05) is 30.3 Å². The van der Waals surface area contributed by atoms with Crippen molar-refractivity contribution in [1.82, 2.24) is 4.90 Å². The molecule has 4 heteroatoms. The second-order valence-electron chi connectivity index (χ2n) is 5.77. The predicted octanol–water partition coefficient (Wildman–Crippen LogP) is 3.79. The maximum absolute atomic E-state index is 6.24. The summed E-state index contributed by atoms with van der Waals surface area (Å²) in [5.41, 5.74) is 9.26. The number of nitrogens with zero attached hydrogens (tertiary/aromatic N) is 2. The molecule has 1 heterocycles. The van der Waals surface area contributed by atoms with E-state index in [-0.39, 0.29) is 0 Å². The molecule has 0 aliphatic carbocycles. The molecule has 0 bridgehead atoms. The number of rotatable bonds is 3. The van der Waals surface area contributed by atoms with Crippen molar-refractivity contribution in [3.63, 3.8) is 0 Å². The number of aliphatic imine (C=N–C) groups is 1. The van der Waals surface area contributed by atoms with Crippen molar-refractivity contribution >= 4 is 11.6 Å². The lowest BCUT2D eigenvalue weighted by molar-refractivity contribution is 0.339. The number of likely N-dealkylation sites (tertiary alicyclic amines) is 1. The van der Waals surface area contributed by atoms with Crippen LogP contribution in [0, 0.1) is 0 Å². The van der Waals surface area contributed by atoms with Gasteiger partial charge in [0.1, 0.15) is 5.75 Å². The third-order valence-corrected chi connectivity index (χ3v) is 4.20. The standard InChI is InChI=1S/C19H23N3O/c1-23-16-10-11-18(17(14-16)15-8-4-2-5-9-15)21-19(20)22-12-6-3-7-13-22/h2,4-5,8-11,14H,3,6-7,12-13H2,1H3,(H2,20,21). The zero-order valence-corrected chi connectivity index (χ0v) is 13.5. The summed E-state index contributed by atoms with van der Waals surface area (Å²) < 4.78 is 5.36. The number of piperidine rings is 1. The molecule has 2 N–H and O–H groups in total. The molecule has 0 amide bonds. The highest BCUT2D eigenvalue weighted by molar-refractivity contribution is 5.86. The molecule has 1 aliphatic rings. The van der Waals surface area contributed by atoms with Gasteiger partial charge in [-0.05, 0) is 43.0 Å². The first-order chi connectivity index (χ1) is 11.3. The fraction of sp³-hybridized carbons (Fsp3) is 0.316. The van der Waals surface area contributed by atoms with E-state index in [9.17, 15) is 0 Å². The first-order valence-corrected chi connectivity index (χ1v) is 8.10. The van der Waals surface area contributed by atoms with Crippen molar-refractivity contribution in [3.05, 3.63) is 48.5 Å². The van der Waals surface area contributed by atoms with Crippen molar-refractivity contribution in [3.8, 4) is 16.9 Å². The van der Waals surface area contributed by atoms with Crippen molar-refractivity contribution in [2.75, 3.05) is 20.2 Å². The number of hydrogen-bond donors (Lipinski definition) is 1. The molecule has 1 saturated heterocycles. The Morgan fingerprint density at radius 3 is 2.48 bits per heavy atom. The fourth-order valence-electron chi connectivity index (χ4n) is 2.91. The van der Waals surface area contributed by atoms with Gasteiger partial charge in [-0.2, -0.15) is 0 Å². The zero-order chi connectivity index (χ0) is 16.1. The minimum absolute atomic E-state index is 0.604. The second kappa shape index (κ2) is 7.18. The van der Waals surface area contributed by atoms with Crippen molar-refractivity contribution in [2.45, 2.75) is 19.3 Å². The van der Waals surface area contributed by atoms with Gasteiger partial charge >= 0.3 is 0 Å². The molecular weight excluding hydrogens is 286 g/mol. The third-order valence-electron chi connectivity index (χ3n) is 4.20. The quantitative estimate of drug-likeness (QED) is 0.693. The van der Waals surface area contributed by atoms with E-state index in [0.29, 0.717) is 5.96 Å². The molecular formula is C19H23N3O. The maximum atomic E-state index is 6.24. The first-order valence-electron chi connectivity index (χ1n) is 8.10. The SMILES string of the molecule is COc1ccc(N=C(N)N2CCCCC2)c(-c2ccccc2)c1. The molecule has 3 rings (SSSR count). The lowest BCUT2D eigenvalue weighted by Gasteiger charge is -2.27. The van der Waals surface area contributed by atoms with E-state index in [0.717, 1.165) is 35.7 Å². The molecule has 2 aromatic carbocycles. The summed E-state index contributed by atoms with van der Waals surface area (Å²) in [5.74, 6) is 1.42. The smallest absolute Gasteiger partial charge is 0.196 e. The average molecular weight is 309 g/mol. The Morgan fingerprint density at radius 1 is 1.04 bits per heavy atom. The van der Waals surface area contributed by atoms with Gasteiger partial charge < -0.3 is 15.4 Å². The van der Waals surface area contributed by atoms with E-state index in [1.54, 1.807) is 7.11 Å². The minimum Gasteiger partial charge on any atom is -0.497 e. The number of benzene rings is 2. The number of hydrogen-bond acceptors (Lipinski definition) is 2. The van der Waals surface area contributed by atoms with E-state index in [2.05, 4.69) is 17.0 Å². The Hall–Kier alpha value is -2.49. The van der Waals surface area contributed by atoms with E-state index >= 15 is 0 Å². The highest BCUT2D eigenvalue weighted by Gasteiger charge is 2.13. The van der Waals surface area contributed by atoms with Crippen LogP contribution in [0.5, 0.6) is 5.75 Å². The molecule has 0 saturated carbocycles. The third kappa shape index (κ3) is 3.65. The lowest BCUT2D eigenvalue weighted by atomic mass is 10.0. The maximum Gasteiger partial charge on any atom is 0.196 e. The topological polar surface area (TPSA) is 50.9 Å². The molecule has 23 heavy (non-hydrogen) atoms. The summed E-state index contributed by atoms with van der Waals surface area (Å²) in [4.78, 5) is 6.87. The molecule has 0 unspecified atom stereocenters. The average Bonchev–Trinajstić information content (AvgIpc) is 2.63. The van der Waals surface area contributed by atoms with Gasteiger partial charge in [-0.25, -0.2) is 4.99 Å². The Morgan fingerprint density at radius 2 is 1.78 bits per heavy atom. The molecule has 0 radical (unpaired) electrons. The summed E-state index contributed by atoms with van der Waals surface area (Å²) in [6.07, 6.45) is 3.65. The Labute approximate surface area is 137 Å². The van der Waals surface area contributed by atoms with Crippen LogP contribution in [-0.4, -0.2) is 31.1 Å². The fourth-order valence-corrected chi connectivity index (χ4v) is 2.91. The summed E-state index contributed by atoms with van der Waals surface area (Å²) in [6, 6.07) is 16.1. The van der Waals surface area contributed by atoms with E-state index in [1.807, 2.05) is 36.4 Å². The minimum atomic E-state index is 0.604. The summed E-state index contributed by atoms with van der Waals surface area (Å²) in [5, 5.41) is 0. The van der Waals surface area contributed by atoms with Crippen LogP contribution in [-0.2, 0) is 0 Å². The first kappa shape index (κ1) is 15.4. The normalized spacial score (nSPS) is 15.5. The Bertz CT molecular complexity index is 676. The van der Waals surface area contributed by atoms with Gasteiger partial charge in [0.15, 0.2) is 5.96 Å². The van der Waals surface area contributed by atoms with Gasteiger partial charge in [0.2, 0.25) is 0 Å². The number of methoxy groups -OCH3 is 1. The Balaban J connectivity index is 1.98. The van der Waals surface area contributed by atoms with Crippen molar-refractivity contribution < 1.29 is 4.74 Å². The number of nitrogens with two attached hydrogens (primary N) is 1. The van der Waals surface area contributed by atoms with Crippen LogP contribution >= 0.6 is 0 Å². The van der Waals surface area contributed by atoms with Crippen LogP contribution in [0.3, 0.4) is 0 Å². The molecule has 1 fully saturated rings. The largest absolute Gasteiger partial charge is 0.497 e. The lowest BCUT2D eigenvalue weighted by Crippen LogP contribution is -2.40. The zero-order valence-electron chi connectivity index (χ0n) is 13.5.